The standard InChI is InChI=1S/C14H18N4O3S/c1-8-5-10(11(18(20)21)6-9(8)2)15-12(19)17-7-14(3,4)16-13(17)22/h5-6H,7H2,1-4H3,(H,15,19)(H,16,22). The highest BCUT2D eigenvalue weighted by atomic mass is 32.1. The van der Waals surface area contributed by atoms with E-state index in [4.69, 9.17) is 12.2 Å². The first-order valence-corrected chi connectivity index (χ1v) is 7.18. The van der Waals surface area contributed by atoms with Gasteiger partial charge in [0.15, 0.2) is 5.11 Å². The van der Waals surface area contributed by atoms with Crippen LogP contribution in [0.15, 0.2) is 12.1 Å². The van der Waals surface area contributed by atoms with Crippen molar-refractivity contribution in [2.45, 2.75) is 33.2 Å². The molecule has 2 N–H and O–H groups in total. The second-order valence-corrected chi connectivity index (χ2v) is 6.43. The van der Waals surface area contributed by atoms with Crippen LogP contribution in [0.2, 0.25) is 0 Å². The van der Waals surface area contributed by atoms with E-state index in [1.807, 2.05) is 20.8 Å². The maximum absolute atomic E-state index is 12.3. The average molecular weight is 322 g/mol. The molecule has 0 radical (unpaired) electrons. The molecule has 118 valence electrons. The van der Waals surface area contributed by atoms with Gasteiger partial charge in [0.05, 0.1) is 17.0 Å². The van der Waals surface area contributed by atoms with Gasteiger partial charge in [-0.1, -0.05) is 0 Å². The number of anilines is 1. The molecule has 0 atom stereocenters. The van der Waals surface area contributed by atoms with Crippen LogP contribution in [0.5, 0.6) is 0 Å². The molecule has 0 unspecified atom stereocenters. The van der Waals surface area contributed by atoms with Crippen LogP contribution < -0.4 is 10.6 Å². The van der Waals surface area contributed by atoms with Crippen LogP contribution in [0.4, 0.5) is 16.2 Å². The first kappa shape index (κ1) is 16.2. The van der Waals surface area contributed by atoms with Crippen LogP contribution >= 0.6 is 12.2 Å². The Morgan fingerprint density at radius 1 is 1.41 bits per heavy atom. The molecule has 1 saturated heterocycles. The van der Waals surface area contributed by atoms with E-state index in [0.717, 1.165) is 11.1 Å². The lowest BCUT2D eigenvalue weighted by molar-refractivity contribution is -0.384. The molecule has 8 heteroatoms. The van der Waals surface area contributed by atoms with Gasteiger partial charge in [-0.25, -0.2) is 4.79 Å². The van der Waals surface area contributed by atoms with Gasteiger partial charge in [-0.3, -0.25) is 15.0 Å². The zero-order chi connectivity index (χ0) is 16.7. The molecule has 0 spiro atoms. The number of urea groups is 1. The lowest BCUT2D eigenvalue weighted by Crippen LogP contribution is -2.37. The Hall–Kier alpha value is -2.22. The van der Waals surface area contributed by atoms with Gasteiger partial charge >= 0.3 is 6.03 Å². The number of nitro benzene ring substituents is 1. The Kier molecular flexibility index (Phi) is 4.06. The molecule has 2 rings (SSSR count). The van der Waals surface area contributed by atoms with Gasteiger partial charge in [0.2, 0.25) is 0 Å². The molecule has 1 heterocycles. The summed E-state index contributed by atoms with van der Waals surface area (Å²) in [5.74, 6) is 0. The topological polar surface area (TPSA) is 87.5 Å². The van der Waals surface area contributed by atoms with Crippen LogP contribution in [0.1, 0.15) is 25.0 Å². The third-order valence-corrected chi connectivity index (χ3v) is 3.86. The first-order valence-electron chi connectivity index (χ1n) is 6.77. The SMILES string of the molecule is Cc1cc(NC(=O)N2CC(C)(C)NC2=S)c([N+](=O)[O-])cc1C. The van der Waals surface area contributed by atoms with Crippen molar-refractivity contribution < 1.29 is 9.72 Å². The molecular weight excluding hydrogens is 304 g/mol. The van der Waals surface area contributed by atoms with E-state index < -0.39 is 11.0 Å². The largest absolute Gasteiger partial charge is 0.355 e. The third kappa shape index (κ3) is 3.16. The lowest BCUT2D eigenvalue weighted by Gasteiger charge is -2.18. The van der Waals surface area contributed by atoms with Crippen LogP contribution in [0.25, 0.3) is 0 Å². The summed E-state index contributed by atoms with van der Waals surface area (Å²) in [6.07, 6.45) is 0. The summed E-state index contributed by atoms with van der Waals surface area (Å²) < 4.78 is 0. The van der Waals surface area contributed by atoms with E-state index in [9.17, 15) is 14.9 Å². The monoisotopic (exact) mass is 322 g/mol. The summed E-state index contributed by atoms with van der Waals surface area (Å²) >= 11 is 5.13. The molecule has 1 aromatic carbocycles. The minimum Gasteiger partial charge on any atom is -0.355 e. The second-order valence-electron chi connectivity index (χ2n) is 6.04. The van der Waals surface area contributed by atoms with Crippen molar-refractivity contribution in [1.82, 2.24) is 10.2 Å². The fourth-order valence-electron chi connectivity index (χ4n) is 2.26. The van der Waals surface area contributed by atoms with E-state index in [2.05, 4.69) is 10.6 Å². The van der Waals surface area contributed by atoms with Crippen molar-refractivity contribution >= 4 is 34.7 Å². The summed E-state index contributed by atoms with van der Waals surface area (Å²) in [7, 11) is 0. The third-order valence-electron chi connectivity index (χ3n) is 3.54. The number of benzene rings is 1. The molecule has 1 aromatic rings. The number of carbonyl (C=O) groups is 1. The molecule has 1 aliphatic rings. The van der Waals surface area contributed by atoms with E-state index in [0.29, 0.717) is 11.7 Å². The van der Waals surface area contributed by atoms with Crippen molar-refractivity contribution in [2.24, 2.45) is 0 Å². The van der Waals surface area contributed by atoms with Gasteiger partial charge < -0.3 is 10.6 Å². The van der Waals surface area contributed by atoms with Crippen LogP contribution in [-0.2, 0) is 0 Å². The first-order chi connectivity index (χ1) is 10.1. The van der Waals surface area contributed by atoms with Gasteiger partial charge in [0, 0.05) is 6.07 Å². The second kappa shape index (κ2) is 5.53. The van der Waals surface area contributed by atoms with Crippen molar-refractivity contribution in [3.8, 4) is 0 Å². The number of carbonyl (C=O) groups excluding carboxylic acids is 1. The number of aryl methyl sites for hydroxylation is 2. The minimum absolute atomic E-state index is 0.131. The number of hydrogen-bond acceptors (Lipinski definition) is 4. The number of hydrogen-bond donors (Lipinski definition) is 2. The molecule has 2 amide bonds. The number of rotatable bonds is 2. The summed E-state index contributed by atoms with van der Waals surface area (Å²) in [5, 5.41) is 17.1. The lowest BCUT2D eigenvalue weighted by atomic mass is 10.1. The number of thiocarbonyl (C=S) groups is 1. The number of nitro groups is 1. The van der Waals surface area contributed by atoms with Gasteiger partial charge in [0.1, 0.15) is 5.69 Å². The zero-order valence-corrected chi connectivity index (χ0v) is 13.7. The maximum Gasteiger partial charge on any atom is 0.328 e. The van der Waals surface area contributed by atoms with E-state index in [-0.39, 0.29) is 16.9 Å². The van der Waals surface area contributed by atoms with Crippen molar-refractivity contribution in [2.75, 3.05) is 11.9 Å². The Morgan fingerprint density at radius 3 is 2.50 bits per heavy atom. The Morgan fingerprint density at radius 2 is 2.00 bits per heavy atom. The van der Waals surface area contributed by atoms with E-state index >= 15 is 0 Å². The molecule has 22 heavy (non-hydrogen) atoms. The molecule has 0 aliphatic carbocycles. The van der Waals surface area contributed by atoms with E-state index in [1.165, 1.54) is 11.0 Å². The Labute approximate surface area is 133 Å². The van der Waals surface area contributed by atoms with Crippen LogP contribution in [0.3, 0.4) is 0 Å². The molecule has 7 nitrogen and oxygen atoms in total. The summed E-state index contributed by atoms with van der Waals surface area (Å²) in [6.45, 7) is 7.86. The molecule has 0 aromatic heterocycles. The fraction of sp³-hybridized carbons (Fsp3) is 0.429. The summed E-state index contributed by atoms with van der Waals surface area (Å²) in [4.78, 5) is 24.4. The predicted octanol–water partition coefficient (Wildman–Crippen LogP) is 2.71. The highest BCUT2D eigenvalue weighted by Gasteiger charge is 2.36. The Bertz CT molecular complexity index is 672. The number of nitrogens with zero attached hydrogens (tertiary/aromatic N) is 2. The number of amides is 2. The quantitative estimate of drug-likeness (QED) is 0.496. The molecule has 1 fully saturated rings. The molecule has 0 bridgehead atoms. The molecule has 1 aliphatic heterocycles. The smallest absolute Gasteiger partial charge is 0.328 e. The number of nitrogens with one attached hydrogen (secondary N) is 2. The zero-order valence-electron chi connectivity index (χ0n) is 12.9. The van der Waals surface area contributed by atoms with Crippen molar-refractivity contribution in [3.63, 3.8) is 0 Å². The van der Waals surface area contributed by atoms with Crippen molar-refractivity contribution in [1.29, 1.82) is 0 Å². The molecule has 0 saturated carbocycles. The van der Waals surface area contributed by atoms with Gasteiger partial charge in [-0.05, 0) is 57.1 Å². The summed E-state index contributed by atoms with van der Waals surface area (Å²) in [5.41, 5.74) is 1.38. The van der Waals surface area contributed by atoms with Gasteiger partial charge in [-0.2, -0.15) is 0 Å². The van der Waals surface area contributed by atoms with Crippen molar-refractivity contribution in [3.05, 3.63) is 33.4 Å². The highest BCUT2D eigenvalue weighted by Crippen LogP contribution is 2.28. The molecular formula is C14H18N4O3S. The van der Waals surface area contributed by atoms with E-state index in [1.54, 1.807) is 13.0 Å². The minimum atomic E-state index is -0.507. The normalized spacial score (nSPS) is 16.4. The maximum atomic E-state index is 12.3. The fourth-order valence-corrected chi connectivity index (χ4v) is 2.69. The van der Waals surface area contributed by atoms with Gasteiger partial charge in [0.25, 0.3) is 5.69 Å². The van der Waals surface area contributed by atoms with Gasteiger partial charge in [-0.15, -0.1) is 0 Å². The Balaban J connectivity index is 2.27. The highest BCUT2D eigenvalue weighted by molar-refractivity contribution is 7.80. The average Bonchev–Trinajstić information content (AvgIpc) is 2.66. The van der Waals surface area contributed by atoms with Crippen LogP contribution in [0, 0.1) is 24.0 Å². The predicted molar refractivity (Wildman–Crippen MR) is 88.1 cm³/mol. The summed E-state index contributed by atoms with van der Waals surface area (Å²) in [6, 6.07) is 2.58. The van der Waals surface area contributed by atoms with Crippen LogP contribution in [-0.4, -0.2) is 33.1 Å².